The minimum atomic E-state index is -1.96. The van der Waals surface area contributed by atoms with Gasteiger partial charge in [-0.05, 0) is 25.8 Å². The molecule has 9 N–H and O–H groups in total. The third kappa shape index (κ3) is 14.2. The van der Waals surface area contributed by atoms with E-state index in [4.69, 9.17) is 34.5 Å². The summed E-state index contributed by atoms with van der Waals surface area (Å²) in [5.41, 5.74) is 3.90. The molecule has 0 aliphatic carbocycles. The molecule has 23 nitrogen and oxygen atoms in total. The quantitative estimate of drug-likeness (QED) is 0.0335. The maximum atomic E-state index is 14.5. The van der Waals surface area contributed by atoms with Crippen molar-refractivity contribution in [1.29, 1.82) is 0 Å². The first kappa shape index (κ1) is 53.0. The second kappa shape index (κ2) is 24.8. The maximum absolute atomic E-state index is 14.5. The van der Waals surface area contributed by atoms with Gasteiger partial charge in [0.25, 0.3) is 5.56 Å². The average molecular weight is 928 g/mol. The van der Waals surface area contributed by atoms with E-state index < -0.39 is 139 Å². The van der Waals surface area contributed by atoms with Crippen molar-refractivity contribution in [3.05, 3.63) is 45.3 Å². The third-order valence-electron chi connectivity index (χ3n) is 11.7. The molecule has 0 aromatic carbocycles. The number of aromatic amines is 1. The molecule has 3 aliphatic heterocycles. The van der Waals surface area contributed by atoms with E-state index in [1.807, 2.05) is 11.1 Å². The standard InChI is InChI=1S/C42H65N5O18/c1-5-6-7-8-9-10-11-12-13-14-23(61-28(51)18-22(2)17-27(49)50)19-29(52)62-25-21-45(3)31(38(57)46(4)30(25)40(58)59)36(65-41-35(56)32(53)24(20-43)63-41)37-33(54)34(55)39(64-37)47-16-15-26(48)44-42(47)60/h12-13,15-16,22-25,30-37,39,41,53-56H,5-11,14,17-21,43H2,1-4H3,(H,49,50)(H,58,59)(H,44,48,60)/b13-12-/t22?,23?,24-,25?,30?,31?,32-,33+,34-,35-,36?,37+,39-,41+/m1/s1. The van der Waals surface area contributed by atoms with Gasteiger partial charge in [-0.1, -0.05) is 58.1 Å². The maximum Gasteiger partial charge on any atom is 0.330 e. The Bertz CT molecular complexity index is 1910. The summed E-state index contributed by atoms with van der Waals surface area (Å²) in [5.74, 6) is -6.03. The number of hydrogen-bond donors (Lipinski definition) is 8. The summed E-state index contributed by atoms with van der Waals surface area (Å²) in [5, 5.41) is 63.7. The molecule has 23 heteroatoms. The first-order chi connectivity index (χ1) is 30.8. The highest BCUT2D eigenvalue weighted by Gasteiger charge is 2.57. The Kier molecular flexibility index (Phi) is 20.2. The van der Waals surface area contributed by atoms with E-state index >= 15 is 0 Å². The number of likely N-dealkylation sites (N-methyl/N-ethyl adjacent to an activating group) is 2. The fourth-order valence-corrected chi connectivity index (χ4v) is 8.29. The molecule has 0 spiro atoms. The van der Waals surface area contributed by atoms with Gasteiger partial charge in [0.05, 0.1) is 6.42 Å². The summed E-state index contributed by atoms with van der Waals surface area (Å²) in [6.45, 7) is 2.91. The predicted molar refractivity (Wildman–Crippen MR) is 225 cm³/mol. The molecule has 0 radical (unpaired) electrons. The first-order valence-corrected chi connectivity index (χ1v) is 21.9. The molecule has 65 heavy (non-hydrogen) atoms. The van der Waals surface area contributed by atoms with E-state index in [9.17, 15) is 59.1 Å². The van der Waals surface area contributed by atoms with Gasteiger partial charge < -0.3 is 65.0 Å². The molecule has 1 amide bonds. The molecule has 3 fully saturated rings. The normalized spacial score (nSPS) is 30.0. The van der Waals surface area contributed by atoms with Gasteiger partial charge in [-0.25, -0.2) is 9.59 Å². The number of hydrogen-bond acceptors (Lipinski definition) is 18. The number of aliphatic carboxylic acids is 2. The zero-order valence-electron chi connectivity index (χ0n) is 37.1. The summed E-state index contributed by atoms with van der Waals surface area (Å²) in [6.07, 6.45) is -7.20. The van der Waals surface area contributed by atoms with Crippen molar-refractivity contribution in [3.63, 3.8) is 0 Å². The number of allylic oxidation sites excluding steroid dienone is 1. The number of aliphatic hydroxyl groups excluding tert-OH is 4. The predicted octanol–water partition coefficient (Wildman–Crippen LogP) is -1.42. The Morgan fingerprint density at radius 2 is 1.60 bits per heavy atom. The fraction of sp³-hybridized carbons (Fsp3) is 0.738. The van der Waals surface area contributed by atoms with Crippen LogP contribution in [0.15, 0.2) is 34.0 Å². The number of nitrogens with two attached hydrogens (primary N) is 1. The Labute approximate surface area is 375 Å². The average Bonchev–Trinajstić information content (AvgIpc) is 3.64. The lowest BCUT2D eigenvalue weighted by Gasteiger charge is -2.38. The van der Waals surface area contributed by atoms with E-state index in [0.29, 0.717) is 0 Å². The number of esters is 2. The molecular weight excluding hydrogens is 862 g/mol. The number of nitrogens with one attached hydrogen (secondary N) is 1. The number of aliphatic hydroxyl groups is 4. The zero-order valence-corrected chi connectivity index (χ0v) is 37.1. The topological polar surface area (TPSA) is 340 Å². The van der Waals surface area contributed by atoms with Crippen LogP contribution in [0.25, 0.3) is 0 Å². The lowest BCUT2D eigenvalue weighted by atomic mass is 9.97. The lowest BCUT2D eigenvalue weighted by molar-refractivity contribution is -0.233. The third-order valence-corrected chi connectivity index (χ3v) is 11.7. The highest BCUT2D eigenvalue weighted by atomic mass is 16.7. The van der Waals surface area contributed by atoms with Gasteiger partial charge in [-0.3, -0.25) is 38.4 Å². The number of nitrogens with zero attached hydrogens (tertiary/aromatic N) is 3. The Balaban J connectivity index is 1.61. The van der Waals surface area contributed by atoms with Crippen LogP contribution in [0.4, 0.5) is 0 Å². The number of unbranched alkanes of at least 4 members (excludes halogenated alkanes) is 6. The smallest absolute Gasteiger partial charge is 0.330 e. The molecule has 6 unspecified atom stereocenters. The van der Waals surface area contributed by atoms with Crippen molar-refractivity contribution in [2.75, 3.05) is 27.2 Å². The summed E-state index contributed by atoms with van der Waals surface area (Å²) in [6, 6.07) is -2.58. The van der Waals surface area contributed by atoms with Crippen molar-refractivity contribution < 1.29 is 78.3 Å². The van der Waals surface area contributed by atoms with Crippen LogP contribution in [0, 0.1) is 5.92 Å². The fourth-order valence-electron chi connectivity index (χ4n) is 8.29. The van der Waals surface area contributed by atoms with E-state index in [0.717, 1.165) is 73.7 Å². The Morgan fingerprint density at radius 3 is 2.23 bits per heavy atom. The summed E-state index contributed by atoms with van der Waals surface area (Å²) >= 11 is 0. The molecule has 1 aromatic heterocycles. The molecule has 4 rings (SSSR count). The summed E-state index contributed by atoms with van der Waals surface area (Å²) in [7, 11) is 2.45. The number of aromatic nitrogens is 2. The zero-order chi connectivity index (χ0) is 48.1. The van der Waals surface area contributed by atoms with Gasteiger partial charge in [-0.15, -0.1) is 0 Å². The number of rotatable bonds is 24. The van der Waals surface area contributed by atoms with Gasteiger partial charge in [0.15, 0.2) is 18.6 Å². The molecular formula is C42H65N5O18. The highest BCUT2D eigenvalue weighted by Crippen LogP contribution is 2.36. The molecule has 0 bridgehead atoms. The molecule has 3 aliphatic rings. The lowest BCUT2D eigenvalue weighted by Crippen LogP contribution is -2.59. The van der Waals surface area contributed by atoms with E-state index in [2.05, 4.69) is 6.92 Å². The number of carboxylic acids is 2. The van der Waals surface area contributed by atoms with Crippen LogP contribution >= 0.6 is 0 Å². The molecule has 366 valence electrons. The van der Waals surface area contributed by atoms with Gasteiger partial charge in [0, 0.05) is 51.7 Å². The van der Waals surface area contributed by atoms with Crippen molar-refractivity contribution >= 4 is 29.8 Å². The monoisotopic (exact) mass is 927 g/mol. The second-order valence-electron chi connectivity index (χ2n) is 17.0. The number of ether oxygens (including phenoxy) is 5. The molecule has 0 saturated carbocycles. The largest absolute Gasteiger partial charge is 0.481 e. The second-order valence-corrected chi connectivity index (χ2v) is 17.0. The minimum Gasteiger partial charge on any atom is -0.481 e. The van der Waals surface area contributed by atoms with Crippen LogP contribution in [-0.4, -0.2) is 180 Å². The highest BCUT2D eigenvalue weighted by molar-refractivity contribution is 5.88. The van der Waals surface area contributed by atoms with Gasteiger partial charge >= 0.3 is 29.6 Å². The van der Waals surface area contributed by atoms with Gasteiger partial charge in [0.2, 0.25) is 5.91 Å². The van der Waals surface area contributed by atoms with Crippen LogP contribution in [0.2, 0.25) is 0 Å². The van der Waals surface area contributed by atoms with Crippen molar-refractivity contribution in [1.82, 2.24) is 19.4 Å². The van der Waals surface area contributed by atoms with Crippen LogP contribution < -0.4 is 17.0 Å². The number of carbonyl (C=O) groups is 5. The van der Waals surface area contributed by atoms with Gasteiger partial charge in [-0.2, -0.15) is 0 Å². The SMILES string of the molecule is CCCCCCCC/C=C\CC(CC(=O)OC1CN(C)C(C(O[C@@H]2O[C@H](CN)[C@@H](O)[C@H]2O)[C@H]2O[C@@H](n3ccc(=O)[nH]c3=O)[C@H](O)[C@@H]2O)C(=O)N(C)C1C(=O)O)OC(=O)CC(C)CC(=O)O. The van der Waals surface area contributed by atoms with E-state index in [1.165, 1.54) is 11.9 Å². The van der Waals surface area contributed by atoms with Crippen LogP contribution in [-0.2, 0) is 47.7 Å². The van der Waals surface area contributed by atoms with Crippen LogP contribution in [0.1, 0.15) is 90.7 Å². The molecule has 14 atom stereocenters. The van der Waals surface area contributed by atoms with Crippen LogP contribution in [0.5, 0.6) is 0 Å². The number of amides is 1. The summed E-state index contributed by atoms with van der Waals surface area (Å²) in [4.78, 5) is 93.8. The Morgan fingerprint density at radius 1 is 0.908 bits per heavy atom. The van der Waals surface area contributed by atoms with E-state index in [1.54, 1.807) is 13.0 Å². The van der Waals surface area contributed by atoms with Crippen molar-refractivity contribution in [2.24, 2.45) is 11.7 Å². The molecule has 4 heterocycles. The minimum absolute atomic E-state index is 0.0763. The van der Waals surface area contributed by atoms with Gasteiger partial charge in [0.1, 0.15) is 61.0 Å². The van der Waals surface area contributed by atoms with E-state index in [-0.39, 0.29) is 25.8 Å². The van der Waals surface area contributed by atoms with Crippen molar-refractivity contribution in [3.8, 4) is 0 Å². The molecule has 1 aromatic rings. The first-order valence-electron chi connectivity index (χ1n) is 21.9. The molecule has 3 saturated heterocycles. The Hall–Kier alpha value is -4.59. The number of H-pyrrole nitrogens is 1. The number of carboxylic acid groups (broad SMARTS) is 2. The van der Waals surface area contributed by atoms with Crippen LogP contribution in [0.3, 0.4) is 0 Å². The van der Waals surface area contributed by atoms with Crippen molar-refractivity contribution in [2.45, 2.75) is 164 Å². The summed E-state index contributed by atoms with van der Waals surface area (Å²) < 4.78 is 29.9. The number of carbonyl (C=O) groups excluding carboxylic acids is 3.